The van der Waals surface area contributed by atoms with E-state index in [2.05, 4.69) is 5.32 Å². The number of hydrogen-bond donors (Lipinski definition) is 2. The predicted octanol–water partition coefficient (Wildman–Crippen LogP) is 0.418. The Bertz CT molecular complexity index is 249. The van der Waals surface area contributed by atoms with Gasteiger partial charge < -0.3 is 10.4 Å². The highest BCUT2D eigenvalue weighted by molar-refractivity contribution is 7.91. The maximum atomic E-state index is 11.7. The van der Waals surface area contributed by atoms with Crippen LogP contribution in [0.2, 0.25) is 0 Å². The van der Waals surface area contributed by atoms with Crippen LogP contribution in [0.1, 0.15) is 26.7 Å². The number of sulfone groups is 1. The SMILES string of the molecule is CNC(CCO)CS(=O)(=O)CCC(C)C. The van der Waals surface area contributed by atoms with E-state index in [1.807, 2.05) is 13.8 Å². The molecule has 0 spiro atoms. The van der Waals surface area contributed by atoms with Gasteiger partial charge in [-0.1, -0.05) is 13.8 Å². The summed E-state index contributed by atoms with van der Waals surface area (Å²) in [6, 6.07) is -0.132. The molecular weight excluding hydrogens is 214 g/mol. The Morgan fingerprint density at radius 1 is 1.27 bits per heavy atom. The second kappa shape index (κ2) is 7.19. The van der Waals surface area contributed by atoms with Crippen LogP contribution in [-0.4, -0.2) is 44.7 Å². The molecule has 0 aromatic rings. The topological polar surface area (TPSA) is 66.4 Å². The van der Waals surface area contributed by atoms with Crippen molar-refractivity contribution < 1.29 is 13.5 Å². The van der Waals surface area contributed by atoms with Crippen LogP contribution in [-0.2, 0) is 9.84 Å². The molecule has 5 heteroatoms. The van der Waals surface area contributed by atoms with Gasteiger partial charge in [0.05, 0.1) is 11.5 Å². The monoisotopic (exact) mass is 237 g/mol. The van der Waals surface area contributed by atoms with Crippen molar-refractivity contribution >= 4 is 9.84 Å². The Hall–Kier alpha value is -0.130. The fourth-order valence-electron chi connectivity index (χ4n) is 1.27. The van der Waals surface area contributed by atoms with E-state index < -0.39 is 9.84 Å². The van der Waals surface area contributed by atoms with Gasteiger partial charge in [-0.3, -0.25) is 0 Å². The summed E-state index contributed by atoms with van der Waals surface area (Å²) in [5.41, 5.74) is 0. The lowest BCUT2D eigenvalue weighted by molar-refractivity contribution is 0.272. The Kier molecular flexibility index (Phi) is 7.13. The van der Waals surface area contributed by atoms with Crippen molar-refractivity contribution in [3.05, 3.63) is 0 Å². The third-order valence-corrected chi connectivity index (χ3v) is 4.12. The van der Waals surface area contributed by atoms with E-state index in [4.69, 9.17) is 5.11 Å². The van der Waals surface area contributed by atoms with Crippen LogP contribution in [0.4, 0.5) is 0 Å². The van der Waals surface area contributed by atoms with Crippen LogP contribution in [0.15, 0.2) is 0 Å². The van der Waals surface area contributed by atoms with Crippen LogP contribution in [0.25, 0.3) is 0 Å². The van der Waals surface area contributed by atoms with Crippen LogP contribution in [0.3, 0.4) is 0 Å². The lowest BCUT2D eigenvalue weighted by Gasteiger charge is -2.15. The molecule has 0 aliphatic rings. The van der Waals surface area contributed by atoms with E-state index in [0.29, 0.717) is 18.8 Å². The van der Waals surface area contributed by atoms with Crippen molar-refractivity contribution in [2.75, 3.05) is 25.2 Å². The summed E-state index contributed by atoms with van der Waals surface area (Å²) >= 11 is 0. The van der Waals surface area contributed by atoms with E-state index >= 15 is 0 Å². The molecule has 1 unspecified atom stereocenters. The van der Waals surface area contributed by atoms with E-state index in [0.717, 1.165) is 0 Å². The van der Waals surface area contributed by atoms with Crippen molar-refractivity contribution in [3.8, 4) is 0 Å². The maximum absolute atomic E-state index is 11.7. The zero-order chi connectivity index (χ0) is 11.9. The molecule has 0 bridgehead atoms. The third kappa shape index (κ3) is 7.76. The lowest BCUT2D eigenvalue weighted by atomic mass is 10.2. The van der Waals surface area contributed by atoms with E-state index in [-0.39, 0.29) is 24.2 Å². The molecule has 15 heavy (non-hydrogen) atoms. The van der Waals surface area contributed by atoms with Crippen LogP contribution >= 0.6 is 0 Å². The summed E-state index contributed by atoms with van der Waals surface area (Å²) in [6.07, 6.45) is 1.19. The Labute approximate surface area is 93.0 Å². The molecule has 0 aliphatic carbocycles. The highest BCUT2D eigenvalue weighted by Gasteiger charge is 2.17. The van der Waals surface area contributed by atoms with Gasteiger partial charge in [-0.05, 0) is 25.8 Å². The summed E-state index contributed by atoms with van der Waals surface area (Å²) in [5.74, 6) is 0.774. The number of aliphatic hydroxyl groups is 1. The van der Waals surface area contributed by atoms with E-state index in [9.17, 15) is 8.42 Å². The van der Waals surface area contributed by atoms with E-state index in [1.165, 1.54) is 0 Å². The molecular formula is C10H23NO3S. The van der Waals surface area contributed by atoms with Gasteiger partial charge in [-0.25, -0.2) is 8.42 Å². The summed E-state index contributed by atoms with van der Waals surface area (Å²) in [6.45, 7) is 4.04. The van der Waals surface area contributed by atoms with Gasteiger partial charge in [0.15, 0.2) is 9.84 Å². The highest BCUT2D eigenvalue weighted by Crippen LogP contribution is 2.06. The second-order valence-electron chi connectivity index (χ2n) is 4.29. The zero-order valence-electron chi connectivity index (χ0n) is 9.86. The molecule has 0 heterocycles. The second-order valence-corrected chi connectivity index (χ2v) is 6.52. The van der Waals surface area contributed by atoms with Crippen molar-refractivity contribution in [1.29, 1.82) is 0 Å². The minimum absolute atomic E-state index is 0.0191. The summed E-state index contributed by atoms with van der Waals surface area (Å²) in [7, 11) is -1.26. The third-order valence-electron chi connectivity index (χ3n) is 2.35. The Morgan fingerprint density at radius 2 is 1.87 bits per heavy atom. The van der Waals surface area contributed by atoms with Crippen LogP contribution < -0.4 is 5.32 Å². The molecule has 1 atom stereocenters. The molecule has 0 radical (unpaired) electrons. The van der Waals surface area contributed by atoms with Crippen LogP contribution in [0, 0.1) is 5.92 Å². The predicted molar refractivity (Wildman–Crippen MR) is 62.7 cm³/mol. The number of hydrogen-bond acceptors (Lipinski definition) is 4. The van der Waals surface area contributed by atoms with Crippen molar-refractivity contribution in [2.24, 2.45) is 5.92 Å². The molecule has 0 rings (SSSR count). The van der Waals surface area contributed by atoms with Gasteiger partial charge in [-0.15, -0.1) is 0 Å². The fourth-order valence-corrected chi connectivity index (χ4v) is 3.22. The first-order valence-corrected chi connectivity index (χ1v) is 7.22. The van der Waals surface area contributed by atoms with Gasteiger partial charge in [0.1, 0.15) is 0 Å². The number of nitrogens with one attached hydrogen (secondary N) is 1. The molecule has 0 aromatic heterocycles. The van der Waals surface area contributed by atoms with Crippen LogP contribution in [0.5, 0.6) is 0 Å². The van der Waals surface area contributed by atoms with E-state index in [1.54, 1.807) is 7.05 Å². The first kappa shape index (κ1) is 14.9. The molecule has 0 saturated carbocycles. The lowest BCUT2D eigenvalue weighted by Crippen LogP contribution is -2.34. The average Bonchev–Trinajstić information content (AvgIpc) is 2.14. The highest BCUT2D eigenvalue weighted by atomic mass is 32.2. The van der Waals surface area contributed by atoms with Crippen molar-refractivity contribution in [2.45, 2.75) is 32.7 Å². The summed E-state index contributed by atoms with van der Waals surface area (Å²) < 4.78 is 23.3. The normalized spacial score (nSPS) is 14.5. The smallest absolute Gasteiger partial charge is 0.151 e. The molecule has 0 amide bonds. The number of aliphatic hydroxyl groups excluding tert-OH is 1. The fraction of sp³-hybridized carbons (Fsp3) is 1.00. The van der Waals surface area contributed by atoms with Crippen molar-refractivity contribution in [3.63, 3.8) is 0 Å². The largest absolute Gasteiger partial charge is 0.396 e. The average molecular weight is 237 g/mol. The minimum atomic E-state index is -2.98. The maximum Gasteiger partial charge on any atom is 0.151 e. The zero-order valence-corrected chi connectivity index (χ0v) is 10.7. The number of rotatable bonds is 8. The summed E-state index contributed by atoms with van der Waals surface area (Å²) in [4.78, 5) is 0. The molecule has 2 N–H and O–H groups in total. The van der Waals surface area contributed by atoms with Gasteiger partial charge in [0.25, 0.3) is 0 Å². The summed E-state index contributed by atoms with van der Waals surface area (Å²) in [5, 5.41) is 11.7. The molecule has 0 saturated heterocycles. The van der Waals surface area contributed by atoms with Gasteiger partial charge in [0.2, 0.25) is 0 Å². The molecule has 4 nitrogen and oxygen atoms in total. The first-order valence-electron chi connectivity index (χ1n) is 5.40. The molecule has 92 valence electrons. The first-order chi connectivity index (χ1) is 6.91. The quantitative estimate of drug-likeness (QED) is 0.642. The van der Waals surface area contributed by atoms with Crippen molar-refractivity contribution in [1.82, 2.24) is 5.32 Å². The Morgan fingerprint density at radius 3 is 2.27 bits per heavy atom. The molecule has 0 fully saturated rings. The standard InChI is InChI=1S/C10H23NO3S/c1-9(2)5-7-15(13,14)8-10(11-3)4-6-12/h9-12H,4-8H2,1-3H3. The van der Waals surface area contributed by atoms with Gasteiger partial charge in [0, 0.05) is 12.6 Å². The Balaban J connectivity index is 4.10. The van der Waals surface area contributed by atoms with Gasteiger partial charge >= 0.3 is 0 Å². The molecule has 0 aromatic carbocycles. The molecule has 0 aliphatic heterocycles. The minimum Gasteiger partial charge on any atom is -0.396 e. The van der Waals surface area contributed by atoms with Gasteiger partial charge in [-0.2, -0.15) is 0 Å².